The molecule has 2 aliphatic heterocycles. The largest absolute Gasteiger partial charge is 0.330 e. The van der Waals surface area contributed by atoms with Gasteiger partial charge in [-0.1, -0.05) is 0 Å². The van der Waals surface area contributed by atoms with E-state index >= 15 is 0 Å². The van der Waals surface area contributed by atoms with Gasteiger partial charge in [0.1, 0.15) is 0 Å². The highest BCUT2D eigenvalue weighted by Crippen LogP contribution is 2.39. The molecule has 3 nitrogen and oxygen atoms in total. The van der Waals surface area contributed by atoms with Crippen molar-refractivity contribution in [1.29, 1.82) is 0 Å². The summed E-state index contributed by atoms with van der Waals surface area (Å²) in [5, 5.41) is 5.92. The van der Waals surface area contributed by atoms with E-state index in [0.717, 1.165) is 11.5 Å². The Labute approximate surface area is 70.3 Å². The molecule has 2 saturated heterocycles. The maximum Gasteiger partial charge on any atom is 0.315 e. The average molecular weight is 172 g/mol. The highest BCUT2D eigenvalue weighted by atomic mass is 32.2. The van der Waals surface area contributed by atoms with Crippen LogP contribution in [0.3, 0.4) is 0 Å². The van der Waals surface area contributed by atoms with Gasteiger partial charge in [0.2, 0.25) is 0 Å². The van der Waals surface area contributed by atoms with Crippen LogP contribution in [-0.4, -0.2) is 28.6 Å². The molecule has 2 heterocycles. The number of hydrogen-bond acceptors (Lipinski definition) is 2. The molecule has 2 rings (SSSR count). The van der Waals surface area contributed by atoms with Gasteiger partial charge in [0.05, 0.1) is 11.1 Å². The van der Waals surface area contributed by atoms with Crippen LogP contribution < -0.4 is 10.6 Å². The fourth-order valence-electron chi connectivity index (χ4n) is 1.66. The monoisotopic (exact) mass is 172 g/mol. The number of urea groups is 1. The van der Waals surface area contributed by atoms with Gasteiger partial charge in [0, 0.05) is 11.5 Å². The second-order valence-electron chi connectivity index (χ2n) is 3.74. The Hall–Kier alpha value is -0.380. The molecular weight excluding hydrogens is 160 g/mol. The van der Waals surface area contributed by atoms with Crippen molar-refractivity contribution in [3.8, 4) is 0 Å². The van der Waals surface area contributed by atoms with Crippen molar-refractivity contribution in [2.75, 3.05) is 11.5 Å². The minimum absolute atomic E-state index is 0.0182. The van der Waals surface area contributed by atoms with Gasteiger partial charge in [0.25, 0.3) is 0 Å². The number of nitrogens with one attached hydrogen (secondary N) is 2. The Kier molecular flexibility index (Phi) is 1.23. The summed E-state index contributed by atoms with van der Waals surface area (Å²) in [7, 11) is 0. The van der Waals surface area contributed by atoms with Crippen LogP contribution in [0.1, 0.15) is 13.8 Å². The Bertz CT molecular complexity index is 200. The van der Waals surface area contributed by atoms with Crippen LogP contribution in [0.4, 0.5) is 4.79 Å². The summed E-state index contributed by atoms with van der Waals surface area (Å²) in [6.45, 7) is 4.20. The number of hydrogen-bond donors (Lipinski definition) is 2. The number of carbonyl (C=O) groups excluding carboxylic acids is 1. The van der Waals surface area contributed by atoms with E-state index < -0.39 is 0 Å². The lowest BCUT2D eigenvalue weighted by Crippen LogP contribution is -2.55. The SMILES string of the molecule is C[C@@]12CSC[C@]1(C)NC(=O)N2. The van der Waals surface area contributed by atoms with Crippen molar-refractivity contribution in [3.05, 3.63) is 0 Å². The molecule has 0 aromatic heterocycles. The third kappa shape index (κ3) is 0.788. The summed E-state index contributed by atoms with van der Waals surface area (Å²) >= 11 is 1.89. The molecule has 11 heavy (non-hydrogen) atoms. The zero-order chi connectivity index (χ0) is 8.11. The van der Waals surface area contributed by atoms with E-state index in [1.807, 2.05) is 11.8 Å². The van der Waals surface area contributed by atoms with Crippen LogP contribution in [0.15, 0.2) is 0 Å². The van der Waals surface area contributed by atoms with Gasteiger partial charge < -0.3 is 10.6 Å². The molecule has 2 aliphatic rings. The molecule has 0 radical (unpaired) electrons. The first-order valence-electron chi connectivity index (χ1n) is 3.74. The summed E-state index contributed by atoms with van der Waals surface area (Å²) in [4.78, 5) is 11.0. The number of thioether (sulfide) groups is 1. The second-order valence-corrected chi connectivity index (χ2v) is 4.72. The molecular formula is C7H12N2OS. The second kappa shape index (κ2) is 1.86. The maximum atomic E-state index is 11.0. The van der Waals surface area contributed by atoms with Gasteiger partial charge in [-0.2, -0.15) is 11.8 Å². The number of fused-ring (bicyclic) bond motifs is 1. The van der Waals surface area contributed by atoms with Crippen LogP contribution in [0.2, 0.25) is 0 Å². The maximum absolute atomic E-state index is 11.0. The predicted molar refractivity (Wildman–Crippen MR) is 45.8 cm³/mol. The lowest BCUT2D eigenvalue weighted by Gasteiger charge is -2.30. The van der Waals surface area contributed by atoms with Gasteiger partial charge in [0.15, 0.2) is 0 Å². The molecule has 2 amide bonds. The quantitative estimate of drug-likeness (QED) is 0.524. The van der Waals surface area contributed by atoms with E-state index in [4.69, 9.17) is 0 Å². The highest BCUT2D eigenvalue weighted by Gasteiger charge is 2.55. The minimum atomic E-state index is -0.0330. The fraction of sp³-hybridized carbons (Fsp3) is 0.857. The van der Waals surface area contributed by atoms with Gasteiger partial charge >= 0.3 is 6.03 Å². The van der Waals surface area contributed by atoms with E-state index in [-0.39, 0.29) is 17.1 Å². The molecule has 0 aromatic rings. The molecule has 2 N–H and O–H groups in total. The van der Waals surface area contributed by atoms with E-state index in [2.05, 4.69) is 24.5 Å². The molecule has 0 unspecified atom stereocenters. The molecule has 0 spiro atoms. The van der Waals surface area contributed by atoms with Crippen LogP contribution in [0.25, 0.3) is 0 Å². The predicted octanol–water partition coefficient (Wildman–Crippen LogP) is 0.563. The van der Waals surface area contributed by atoms with Gasteiger partial charge in [-0.3, -0.25) is 0 Å². The first-order valence-corrected chi connectivity index (χ1v) is 4.89. The summed E-state index contributed by atoms with van der Waals surface area (Å²) in [6, 6.07) is -0.0182. The minimum Gasteiger partial charge on any atom is -0.330 e. The molecule has 4 heteroatoms. The smallest absolute Gasteiger partial charge is 0.315 e. The molecule has 0 bridgehead atoms. The highest BCUT2D eigenvalue weighted by molar-refractivity contribution is 7.99. The third-order valence-electron chi connectivity index (χ3n) is 2.78. The van der Waals surface area contributed by atoms with Gasteiger partial charge in [-0.25, -0.2) is 4.79 Å². The van der Waals surface area contributed by atoms with Crippen LogP contribution in [-0.2, 0) is 0 Å². The van der Waals surface area contributed by atoms with Crippen molar-refractivity contribution >= 4 is 17.8 Å². The normalized spacial score (nSPS) is 48.4. The zero-order valence-electron chi connectivity index (χ0n) is 6.73. The first kappa shape index (κ1) is 7.28. The van der Waals surface area contributed by atoms with Crippen LogP contribution >= 0.6 is 11.8 Å². The fourth-order valence-corrected chi connectivity index (χ4v) is 3.36. The van der Waals surface area contributed by atoms with E-state index in [1.54, 1.807) is 0 Å². The number of rotatable bonds is 0. The summed E-state index contributed by atoms with van der Waals surface area (Å²) < 4.78 is 0. The Morgan fingerprint density at radius 2 is 1.73 bits per heavy atom. The molecule has 0 aromatic carbocycles. The first-order chi connectivity index (χ1) is 5.06. The van der Waals surface area contributed by atoms with Crippen LogP contribution in [0.5, 0.6) is 0 Å². The van der Waals surface area contributed by atoms with Crippen molar-refractivity contribution in [2.24, 2.45) is 0 Å². The van der Waals surface area contributed by atoms with Crippen molar-refractivity contribution < 1.29 is 4.79 Å². The third-order valence-corrected chi connectivity index (χ3v) is 4.34. The number of carbonyl (C=O) groups is 1. The van der Waals surface area contributed by atoms with Gasteiger partial charge in [-0.15, -0.1) is 0 Å². The summed E-state index contributed by atoms with van der Waals surface area (Å²) in [5.74, 6) is 2.03. The Morgan fingerprint density at radius 1 is 1.27 bits per heavy atom. The standard InChI is InChI=1S/C7H12N2OS/c1-6-3-11-4-7(6,2)9-5(10)8-6/h3-4H2,1-2H3,(H2,8,9,10)/t6-,7+. The van der Waals surface area contributed by atoms with E-state index in [9.17, 15) is 4.79 Å². The molecule has 2 fully saturated rings. The topological polar surface area (TPSA) is 41.1 Å². The van der Waals surface area contributed by atoms with Crippen molar-refractivity contribution in [1.82, 2.24) is 10.6 Å². The Morgan fingerprint density at radius 3 is 2.18 bits per heavy atom. The Balaban J connectivity index is 2.35. The van der Waals surface area contributed by atoms with E-state index in [1.165, 1.54) is 0 Å². The molecule has 2 atom stereocenters. The van der Waals surface area contributed by atoms with Crippen molar-refractivity contribution in [2.45, 2.75) is 24.9 Å². The van der Waals surface area contributed by atoms with Crippen molar-refractivity contribution in [3.63, 3.8) is 0 Å². The van der Waals surface area contributed by atoms with Crippen LogP contribution in [0, 0.1) is 0 Å². The summed E-state index contributed by atoms with van der Waals surface area (Å²) in [6.07, 6.45) is 0. The lowest BCUT2D eigenvalue weighted by molar-refractivity contribution is 0.245. The lowest BCUT2D eigenvalue weighted by atomic mass is 9.85. The molecule has 0 saturated carbocycles. The molecule has 0 aliphatic carbocycles. The average Bonchev–Trinajstić information content (AvgIpc) is 2.16. The zero-order valence-corrected chi connectivity index (χ0v) is 7.55. The number of amides is 2. The van der Waals surface area contributed by atoms with Gasteiger partial charge in [-0.05, 0) is 13.8 Å². The summed E-state index contributed by atoms with van der Waals surface area (Å²) in [5.41, 5.74) is -0.0660. The molecule has 62 valence electrons. The van der Waals surface area contributed by atoms with E-state index in [0.29, 0.717) is 0 Å².